The van der Waals surface area contributed by atoms with Crippen LogP contribution in [0.5, 0.6) is 0 Å². The summed E-state index contributed by atoms with van der Waals surface area (Å²) in [6.07, 6.45) is 1.45. The number of nitrogens with zero attached hydrogens (tertiary/aromatic N) is 3. The highest BCUT2D eigenvalue weighted by Crippen LogP contribution is 1.97. The van der Waals surface area contributed by atoms with Gasteiger partial charge in [-0.25, -0.2) is 14.4 Å². The van der Waals surface area contributed by atoms with Gasteiger partial charge in [-0.2, -0.15) is 5.26 Å². The highest BCUT2D eigenvalue weighted by Gasteiger charge is 1.95. The fourth-order valence-corrected chi connectivity index (χ4v) is 0.665. The first-order valence-corrected chi connectivity index (χ1v) is 3.40. The van der Waals surface area contributed by atoms with E-state index in [1.54, 1.807) is 0 Å². The van der Waals surface area contributed by atoms with Gasteiger partial charge >= 0.3 is 0 Å². The van der Waals surface area contributed by atoms with Crippen LogP contribution in [0.2, 0.25) is 0 Å². The minimum atomic E-state index is -0.486. The zero-order valence-corrected chi connectivity index (χ0v) is 6.29. The molecule has 5 heteroatoms. The molecule has 0 aromatic carbocycles. The van der Waals surface area contributed by atoms with Gasteiger partial charge < -0.3 is 5.32 Å². The lowest BCUT2D eigenvalue weighted by Gasteiger charge is -1.99. The molecule has 0 aliphatic carbocycles. The van der Waals surface area contributed by atoms with E-state index < -0.39 is 6.67 Å². The maximum absolute atomic E-state index is 11.7. The Morgan fingerprint density at radius 2 is 2.50 bits per heavy atom. The van der Waals surface area contributed by atoms with Crippen molar-refractivity contribution in [2.24, 2.45) is 0 Å². The normalized spacial score (nSPS) is 9.00. The summed E-state index contributed by atoms with van der Waals surface area (Å²) in [6, 6.07) is 3.35. The lowest BCUT2D eigenvalue weighted by molar-refractivity contribution is 0.512. The summed E-state index contributed by atoms with van der Waals surface area (Å²) in [7, 11) is 0. The summed E-state index contributed by atoms with van der Waals surface area (Å²) in [5.41, 5.74) is 0.270. The molecule has 0 spiro atoms. The van der Waals surface area contributed by atoms with Crippen LogP contribution in [0.4, 0.5) is 10.3 Å². The van der Waals surface area contributed by atoms with Crippen molar-refractivity contribution in [3.8, 4) is 6.07 Å². The average Bonchev–Trinajstić information content (AvgIpc) is 2.15. The number of aromatic nitrogens is 2. The molecule has 1 rings (SSSR count). The second-order valence-corrected chi connectivity index (χ2v) is 1.99. The molecule has 0 bridgehead atoms. The summed E-state index contributed by atoms with van der Waals surface area (Å²) >= 11 is 0. The number of hydrogen-bond acceptors (Lipinski definition) is 4. The molecule has 1 heterocycles. The fourth-order valence-electron chi connectivity index (χ4n) is 0.665. The van der Waals surface area contributed by atoms with E-state index in [0.717, 1.165) is 0 Å². The molecule has 1 aromatic rings. The zero-order valence-electron chi connectivity index (χ0n) is 6.29. The van der Waals surface area contributed by atoms with Crippen LogP contribution in [-0.2, 0) is 0 Å². The SMILES string of the molecule is N#Cc1ccnc(NCCF)n1. The van der Waals surface area contributed by atoms with Crippen molar-refractivity contribution in [2.75, 3.05) is 18.5 Å². The number of alkyl halides is 1. The van der Waals surface area contributed by atoms with Gasteiger partial charge in [0, 0.05) is 12.7 Å². The second-order valence-electron chi connectivity index (χ2n) is 1.99. The Hall–Kier alpha value is -1.70. The summed E-state index contributed by atoms with van der Waals surface area (Å²) in [4.78, 5) is 7.56. The van der Waals surface area contributed by atoms with Crippen molar-refractivity contribution in [2.45, 2.75) is 0 Å². The lowest BCUT2D eigenvalue weighted by Crippen LogP contribution is -2.06. The molecule has 0 fully saturated rings. The van der Waals surface area contributed by atoms with Crippen LogP contribution in [0.1, 0.15) is 5.69 Å². The highest BCUT2D eigenvalue weighted by atomic mass is 19.1. The molecule has 0 radical (unpaired) electrons. The van der Waals surface area contributed by atoms with Gasteiger partial charge in [-0.3, -0.25) is 0 Å². The van der Waals surface area contributed by atoms with Crippen LogP contribution in [0.3, 0.4) is 0 Å². The predicted molar refractivity (Wildman–Crippen MR) is 41.2 cm³/mol. The van der Waals surface area contributed by atoms with Crippen LogP contribution in [-0.4, -0.2) is 23.2 Å². The van der Waals surface area contributed by atoms with Crippen molar-refractivity contribution in [1.29, 1.82) is 5.26 Å². The van der Waals surface area contributed by atoms with Crippen LogP contribution in [0, 0.1) is 11.3 Å². The molecule has 1 aromatic heterocycles. The molecular weight excluding hydrogens is 159 g/mol. The molecule has 4 nitrogen and oxygen atoms in total. The third-order valence-electron chi connectivity index (χ3n) is 1.15. The molecular formula is C7H7FN4. The lowest BCUT2D eigenvalue weighted by atomic mass is 10.4. The third-order valence-corrected chi connectivity index (χ3v) is 1.15. The summed E-state index contributed by atoms with van der Waals surface area (Å²) in [5, 5.41) is 11.1. The number of anilines is 1. The van der Waals surface area contributed by atoms with Crippen molar-refractivity contribution in [3.63, 3.8) is 0 Å². The molecule has 0 aliphatic rings. The van der Waals surface area contributed by atoms with Crippen LogP contribution in [0.25, 0.3) is 0 Å². The van der Waals surface area contributed by atoms with E-state index in [1.165, 1.54) is 12.3 Å². The van der Waals surface area contributed by atoms with Gasteiger partial charge in [0.25, 0.3) is 0 Å². The van der Waals surface area contributed by atoms with E-state index in [0.29, 0.717) is 0 Å². The van der Waals surface area contributed by atoms with E-state index >= 15 is 0 Å². The molecule has 0 unspecified atom stereocenters. The van der Waals surface area contributed by atoms with Crippen molar-refractivity contribution < 1.29 is 4.39 Å². The number of rotatable bonds is 3. The minimum absolute atomic E-state index is 0.162. The molecule has 0 aliphatic heterocycles. The molecule has 12 heavy (non-hydrogen) atoms. The Kier molecular flexibility index (Phi) is 2.96. The quantitative estimate of drug-likeness (QED) is 0.719. The average molecular weight is 166 g/mol. The Balaban J connectivity index is 2.68. The number of hydrogen-bond donors (Lipinski definition) is 1. The smallest absolute Gasteiger partial charge is 0.223 e. The van der Waals surface area contributed by atoms with Gasteiger partial charge in [0.1, 0.15) is 18.4 Å². The van der Waals surface area contributed by atoms with Crippen LogP contribution < -0.4 is 5.32 Å². The summed E-state index contributed by atoms with van der Waals surface area (Å²) in [5.74, 6) is 0.284. The van der Waals surface area contributed by atoms with Gasteiger partial charge in [-0.1, -0.05) is 0 Å². The number of nitrogens with one attached hydrogen (secondary N) is 1. The van der Waals surface area contributed by atoms with Gasteiger partial charge in [-0.15, -0.1) is 0 Å². The van der Waals surface area contributed by atoms with E-state index in [2.05, 4.69) is 15.3 Å². The summed E-state index contributed by atoms with van der Waals surface area (Å²) in [6.45, 7) is -0.324. The monoisotopic (exact) mass is 166 g/mol. The van der Waals surface area contributed by atoms with E-state index in [1.807, 2.05) is 6.07 Å². The van der Waals surface area contributed by atoms with Crippen molar-refractivity contribution in [3.05, 3.63) is 18.0 Å². The topological polar surface area (TPSA) is 61.6 Å². The predicted octanol–water partition coefficient (Wildman–Crippen LogP) is 0.730. The van der Waals surface area contributed by atoms with E-state index in [4.69, 9.17) is 5.26 Å². The highest BCUT2D eigenvalue weighted by molar-refractivity contribution is 5.29. The van der Waals surface area contributed by atoms with Crippen molar-refractivity contribution in [1.82, 2.24) is 9.97 Å². The Morgan fingerprint density at radius 1 is 1.67 bits per heavy atom. The Morgan fingerprint density at radius 3 is 3.17 bits per heavy atom. The molecule has 1 N–H and O–H groups in total. The van der Waals surface area contributed by atoms with E-state index in [-0.39, 0.29) is 18.2 Å². The molecule has 62 valence electrons. The summed E-state index contributed by atoms with van der Waals surface area (Å²) < 4.78 is 11.7. The molecule has 0 atom stereocenters. The van der Waals surface area contributed by atoms with Crippen LogP contribution >= 0.6 is 0 Å². The molecule has 0 saturated heterocycles. The standard InChI is InChI=1S/C7H7FN4/c8-2-4-11-7-10-3-1-6(5-9)12-7/h1,3H,2,4H2,(H,10,11,12). The third kappa shape index (κ3) is 2.16. The Bertz CT molecular complexity index is 294. The van der Waals surface area contributed by atoms with Crippen molar-refractivity contribution >= 4 is 5.95 Å². The number of halogens is 1. The van der Waals surface area contributed by atoms with Gasteiger partial charge in [0.2, 0.25) is 5.95 Å². The molecule has 0 amide bonds. The van der Waals surface area contributed by atoms with Gasteiger partial charge in [-0.05, 0) is 6.07 Å². The second kappa shape index (κ2) is 4.23. The van der Waals surface area contributed by atoms with E-state index in [9.17, 15) is 4.39 Å². The maximum Gasteiger partial charge on any atom is 0.223 e. The van der Waals surface area contributed by atoms with Gasteiger partial charge in [0.05, 0.1) is 0 Å². The first-order chi connectivity index (χ1) is 5.86. The molecule has 0 saturated carbocycles. The largest absolute Gasteiger partial charge is 0.352 e. The van der Waals surface area contributed by atoms with Crippen LogP contribution in [0.15, 0.2) is 12.3 Å². The fraction of sp³-hybridized carbons (Fsp3) is 0.286. The minimum Gasteiger partial charge on any atom is -0.352 e. The number of nitriles is 1. The zero-order chi connectivity index (χ0) is 8.81. The Labute approximate surface area is 69.1 Å². The van der Waals surface area contributed by atoms with Gasteiger partial charge in [0.15, 0.2) is 0 Å². The first-order valence-electron chi connectivity index (χ1n) is 3.40. The first kappa shape index (κ1) is 8.40. The maximum atomic E-state index is 11.7.